The summed E-state index contributed by atoms with van der Waals surface area (Å²) in [6.07, 6.45) is 0. The van der Waals surface area contributed by atoms with Crippen LogP contribution < -0.4 is 10.1 Å². The number of ketones is 1. The second-order valence-corrected chi connectivity index (χ2v) is 6.17. The van der Waals surface area contributed by atoms with Gasteiger partial charge in [0.2, 0.25) is 11.7 Å². The minimum atomic E-state index is -0.126. The molecule has 0 saturated heterocycles. The molecule has 5 heteroatoms. The molecule has 0 unspecified atom stereocenters. The standard InChI is InChI=1S/C19H24N2O3/c1-12(2)21-13(3)10-18(14(21)4)19(23)11-24-17-8-6-16(7-9-17)20-15(5)22/h6-10,12H,11H2,1-5H3,(H,20,22). The molecule has 0 spiro atoms. The van der Waals surface area contributed by atoms with Crippen LogP contribution in [0.25, 0.3) is 0 Å². The third-order valence-electron chi connectivity index (χ3n) is 3.85. The van der Waals surface area contributed by atoms with E-state index in [0.717, 1.165) is 11.4 Å². The fourth-order valence-corrected chi connectivity index (χ4v) is 2.92. The minimum absolute atomic E-state index is 0.0120. The maximum atomic E-state index is 12.4. The molecule has 1 aromatic carbocycles. The van der Waals surface area contributed by atoms with Crippen LogP contribution in [0, 0.1) is 13.8 Å². The van der Waals surface area contributed by atoms with Crippen molar-refractivity contribution in [2.24, 2.45) is 0 Å². The Morgan fingerprint density at radius 3 is 2.29 bits per heavy atom. The molecule has 0 fully saturated rings. The number of anilines is 1. The monoisotopic (exact) mass is 328 g/mol. The molecule has 0 aliphatic carbocycles. The van der Waals surface area contributed by atoms with Crippen molar-refractivity contribution < 1.29 is 14.3 Å². The summed E-state index contributed by atoms with van der Waals surface area (Å²) < 4.78 is 7.72. The van der Waals surface area contributed by atoms with Crippen LogP contribution in [0.15, 0.2) is 30.3 Å². The highest BCUT2D eigenvalue weighted by Crippen LogP contribution is 2.21. The van der Waals surface area contributed by atoms with Crippen LogP contribution in [0.2, 0.25) is 0 Å². The number of nitrogens with zero attached hydrogens (tertiary/aromatic N) is 1. The van der Waals surface area contributed by atoms with Crippen molar-refractivity contribution >= 4 is 17.4 Å². The van der Waals surface area contributed by atoms with Gasteiger partial charge in [-0.15, -0.1) is 0 Å². The minimum Gasteiger partial charge on any atom is -0.485 e. The number of hydrogen-bond donors (Lipinski definition) is 1. The van der Waals surface area contributed by atoms with Gasteiger partial charge in [-0.25, -0.2) is 0 Å². The molecule has 1 N–H and O–H groups in total. The number of ether oxygens (including phenoxy) is 1. The van der Waals surface area contributed by atoms with E-state index in [1.807, 2.05) is 19.9 Å². The lowest BCUT2D eigenvalue weighted by Gasteiger charge is -2.13. The highest BCUT2D eigenvalue weighted by Gasteiger charge is 2.17. The second kappa shape index (κ2) is 7.34. The average Bonchev–Trinajstić information content (AvgIpc) is 2.80. The topological polar surface area (TPSA) is 60.3 Å². The molecule has 0 bridgehead atoms. The zero-order valence-electron chi connectivity index (χ0n) is 14.8. The summed E-state index contributed by atoms with van der Waals surface area (Å²) in [6.45, 7) is 9.61. The Balaban J connectivity index is 2.03. The van der Waals surface area contributed by atoms with Crippen LogP contribution >= 0.6 is 0 Å². The fraction of sp³-hybridized carbons (Fsp3) is 0.368. The number of aryl methyl sites for hydroxylation is 1. The van der Waals surface area contributed by atoms with E-state index in [-0.39, 0.29) is 18.3 Å². The normalized spacial score (nSPS) is 10.8. The first-order valence-corrected chi connectivity index (χ1v) is 8.01. The zero-order valence-corrected chi connectivity index (χ0v) is 14.8. The van der Waals surface area contributed by atoms with E-state index in [9.17, 15) is 9.59 Å². The molecule has 0 saturated carbocycles. The molecule has 1 heterocycles. The molecule has 2 aromatic rings. The summed E-state index contributed by atoms with van der Waals surface area (Å²) in [5, 5.41) is 2.69. The van der Waals surface area contributed by atoms with Gasteiger partial charge in [0.15, 0.2) is 6.61 Å². The highest BCUT2D eigenvalue weighted by molar-refractivity contribution is 5.98. The Hall–Kier alpha value is -2.56. The van der Waals surface area contributed by atoms with Crippen LogP contribution in [-0.4, -0.2) is 22.9 Å². The van der Waals surface area contributed by atoms with Gasteiger partial charge in [-0.3, -0.25) is 9.59 Å². The maximum absolute atomic E-state index is 12.4. The van der Waals surface area contributed by atoms with Crippen molar-refractivity contribution in [2.75, 3.05) is 11.9 Å². The molecule has 24 heavy (non-hydrogen) atoms. The smallest absolute Gasteiger partial charge is 0.221 e. The molecular formula is C19H24N2O3. The Kier molecular flexibility index (Phi) is 5.44. The average molecular weight is 328 g/mol. The van der Waals surface area contributed by atoms with Crippen molar-refractivity contribution in [2.45, 2.75) is 40.7 Å². The van der Waals surface area contributed by atoms with Crippen molar-refractivity contribution in [1.29, 1.82) is 0 Å². The number of aromatic nitrogens is 1. The molecule has 5 nitrogen and oxygen atoms in total. The molecule has 0 atom stereocenters. The van der Waals surface area contributed by atoms with Crippen LogP contribution in [0.3, 0.4) is 0 Å². The van der Waals surface area contributed by atoms with Crippen LogP contribution in [0.4, 0.5) is 5.69 Å². The van der Waals surface area contributed by atoms with Crippen molar-refractivity contribution in [3.05, 3.63) is 47.3 Å². The predicted molar refractivity (Wildman–Crippen MR) is 94.9 cm³/mol. The third-order valence-corrected chi connectivity index (χ3v) is 3.85. The van der Waals surface area contributed by atoms with Gasteiger partial charge in [0, 0.05) is 35.6 Å². The Bertz CT molecular complexity index is 743. The molecule has 2 rings (SSSR count). The SMILES string of the molecule is CC(=O)Nc1ccc(OCC(=O)c2cc(C)n(C(C)C)c2C)cc1. The lowest BCUT2D eigenvalue weighted by atomic mass is 10.1. The molecule has 0 aliphatic rings. The van der Waals surface area contributed by atoms with Crippen molar-refractivity contribution in [1.82, 2.24) is 4.57 Å². The van der Waals surface area contributed by atoms with Crippen molar-refractivity contribution in [3.8, 4) is 5.75 Å². The molecule has 128 valence electrons. The van der Waals surface area contributed by atoms with Crippen LogP contribution in [-0.2, 0) is 4.79 Å². The third kappa shape index (κ3) is 4.04. The Morgan fingerprint density at radius 1 is 1.17 bits per heavy atom. The number of carbonyl (C=O) groups is 2. The zero-order chi connectivity index (χ0) is 17.9. The number of carbonyl (C=O) groups excluding carboxylic acids is 2. The maximum Gasteiger partial charge on any atom is 0.221 e. The van der Waals surface area contributed by atoms with Crippen LogP contribution in [0.5, 0.6) is 5.75 Å². The number of amides is 1. The van der Waals surface area contributed by atoms with Gasteiger partial charge in [-0.05, 0) is 58.0 Å². The lowest BCUT2D eigenvalue weighted by molar-refractivity contribution is -0.114. The predicted octanol–water partition coefficient (Wildman–Crippen LogP) is 3.91. The first-order valence-electron chi connectivity index (χ1n) is 8.01. The van der Waals surface area contributed by atoms with E-state index < -0.39 is 0 Å². The molecule has 1 aromatic heterocycles. The largest absolute Gasteiger partial charge is 0.485 e. The summed E-state index contributed by atoms with van der Waals surface area (Å²) in [4.78, 5) is 23.4. The quantitative estimate of drug-likeness (QED) is 0.818. The van der Waals surface area contributed by atoms with Gasteiger partial charge in [-0.1, -0.05) is 0 Å². The summed E-state index contributed by atoms with van der Waals surface area (Å²) in [5.41, 5.74) is 3.44. The Morgan fingerprint density at radius 2 is 1.79 bits per heavy atom. The summed E-state index contributed by atoms with van der Waals surface area (Å²) in [5.74, 6) is 0.426. The highest BCUT2D eigenvalue weighted by atomic mass is 16.5. The second-order valence-electron chi connectivity index (χ2n) is 6.17. The molecule has 1 amide bonds. The summed E-state index contributed by atoms with van der Waals surface area (Å²) in [7, 11) is 0. The van der Waals surface area contributed by atoms with Crippen molar-refractivity contribution in [3.63, 3.8) is 0 Å². The van der Waals surface area contributed by atoms with E-state index >= 15 is 0 Å². The number of nitrogens with one attached hydrogen (secondary N) is 1. The lowest BCUT2D eigenvalue weighted by Crippen LogP contribution is -2.13. The summed E-state index contributed by atoms with van der Waals surface area (Å²) in [6, 6.07) is 9.18. The first kappa shape index (κ1) is 17.8. The van der Waals surface area contributed by atoms with E-state index in [4.69, 9.17) is 4.74 Å². The van der Waals surface area contributed by atoms with Gasteiger partial charge in [0.25, 0.3) is 0 Å². The van der Waals surface area contributed by atoms with E-state index in [1.165, 1.54) is 6.92 Å². The van der Waals surface area contributed by atoms with E-state index in [1.54, 1.807) is 24.3 Å². The van der Waals surface area contributed by atoms with E-state index in [0.29, 0.717) is 23.0 Å². The number of Topliss-reactive ketones (excluding diaryl/α,β-unsaturated/α-hetero) is 1. The molecule has 0 aliphatic heterocycles. The number of benzene rings is 1. The van der Waals surface area contributed by atoms with Gasteiger partial charge in [0.05, 0.1) is 0 Å². The summed E-state index contributed by atoms with van der Waals surface area (Å²) >= 11 is 0. The van der Waals surface area contributed by atoms with E-state index in [2.05, 4.69) is 23.7 Å². The Labute approximate surface area is 142 Å². The number of hydrogen-bond acceptors (Lipinski definition) is 3. The van der Waals surface area contributed by atoms with Gasteiger partial charge < -0.3 is 14.6 Å². The van der Waals surface area contributed by atoms with Gasteiger partial charge in [-0.2, -0.15) is 0 Å². The number of rotatable bonds is 6. The van der Waals surface area contributed by atoms with Gasteiger partial charge >= 0.3 is 0 Å². The fourth-order valence-electron chi connectivity index (χ4n) is 2.92. The molecule has 0 radical (unpaired) electrons. The first-order chi connectivity index (χ1) is 11.3. The molecular weight excluding hydrogens is 304 g/mol. The van der Waals surface area contributed by atoms with Gasteiger partial charge in [0.1, 0.15) is 5.75 Å². The van der Waals surface area contributed by atoms with Crippen LogP contribution in [0.1, 0.15) is 48.6 Å².